The smallest absolute Gasteiger partial charge is 0.154 e. The molecule has 0 spiro atoms. The number of carbonyl (C=O) groups excluding carboxylic acids is 1. The second kappa shape index (κ2) is 14.6. The molecular weight excluding hydrogens is 452 g/mol. The zero-order valence-corrected chi connectivity index (χ0v) is 24.2. The first-order valence-corrected chi connectivity index (χ1v) is 17.3. The van der Waals surface area contributed by atoms with Gasteiger partial charge in [0.05, 0.1) is 5.41 Å². The van der Waals surface area contributed by atoms with Crippen LogP contribution in [0.2, 0.25) is 18.1 Å². The van der Waals surface area contributed by atoms with Crippen molar-refractivity contribution in [3.8, 4) is 11.5 Å². The number of carbonyl (C=O) groups is 1. The molecule has 2 aromatic rings. The van der Waals surface area contributed by atoms with Crippen LogP contribution in [0.1, 0.15) is 89.7 Å². The zero-order chi connectivity index (χ0) is 25.7. The largest absolute Gasteiger partial charge is 0.298 e. The molecule has 0 heterocycles. The third-order valence-electron chi connectivity index (χ3n) is 8.27. The molecule has 1 saturated carbocycles. The Morgan fingerprint density at radius 3 is 1.86 bits per heavy atom. The highest BCUT2D eigenvalue weighted by Gasteiger charge is 2.44. The van der Waals surface area contributed by atoms with Gasteiger partial charge in [-0.2, -0.15) is 0 Å². The minimum absolute atomic E-state index is 0.0807. The van der Waals surface area contributed by atoms with Gasteiger partial charge < -0.3 is 0 Å². The van der Waals surface area contributed by atoms with Gasteiger partial charge >= 0.3 is 0 Å². The molecule has 0 aliphatic heterocycles. The number of unbranched alkanes of at least 4 members (excludes halogenated alkanes) is 3. The zero-order valence-electron chi connectivity index (χ0n) is 23.2. The van der Waals surface area contributed by atoms with E-state index in [0.717, 1.165) is 32.1 Å². The van der Waals surface area contributed by atoms with Gasteiger partial charge in [0.15, 0.2) is 5.78 Å². The summed E-state index contributed by atoms with van der Waals surface area (Å²) >= 11 is 0. The highest BCUT2D eigenvalue weighted by molar-refractivity contribution is 6.87. The number of hydrogen-bond donors (Lipinski definition) is 0. The maximum Gasteiger partial charge on any atom is 0.154 e. The Labute approximate surface area is 222 Å². The third kappa shape index (κ3) is 7.94. The fourth-order valence-corrected chi connectivity index (χ4v) is 10.8. The molecule has 1 fully saturated rings. The third-order valence-corrected chi connectivity index (χ3v) is 12.9. The van der Waals surface area contributed by atoms with E-state index >= 15 is 0 Å². The van der Waals surface area contributed by atoms with Crippen molar-refractivity contribution in [2.24, 2.45) is 11.3 Å². The quantitative estimate of drug-likeness (QED) is 0.198. The van der Waals surface area contributed by atoms with Crippen molar-refractivity contribution in [2.45, 2.75) is 110 Å². The predicted molar refractivity (Wildman–Crippen MR) is 158 cm³/mol. The van der Waals surface area contributed by atoms with Crippen molar-refractivity contribution in [2.75, 3.05) is 0 Å². The van der Waals surface area contributed by atoms with Gasteiger partial charge in [0.2, 0.25) is 0 Å². The van der Waals surface area contributed by atoms with Crippen LogP contribution < -0.4 is 0 Å². The topological polar surface area (TPSA) is 17.1 Å². The fraction of sp³-hybridized carbons (Fsp3) is 0.559. The maximum absolute atomic E-state index is 14.3. The monoisotopic (exact) mass is 500 g/mol. The van der Waals surface area contributed by atoms with Crippen molar-refractivity contribution in [3.63, 3.8) is 0 Å². The molecule has 0 unspecified atom stereocenters. The lowest BCUT2D eigenvalue weighted by Crippen LogP contribution is -2.42. The van der Waals surface area contributed by atoms with Gasteiger partial charge in [0, 0.05) is 5.92 Å². The summed E-state index contributed by atoms with van der Waals surface area (Å²) < 4.78 is 0. The molecule has 0 N–H and O–H groups in total. The van der Waals surface area contributed by atoms with Crippen LogP contribution >= 0.6 is 0 Å². The van der Waals surface area contributed by atoms with Crippen LogP contribution in [0.3, 0.4) is 0 Å². The van der Waals surface area contributed by atoms with Crippen LogP contribution in [0.5, 0.6) is 0 Å². The Morgan fingerprint density at radius 2 is 1.33 bits per heavy atom. The lowest BCUT2D eigenvalue weighted by Gasteiger charge is -2.37. The molecule has 0 amide bonds. The van der Waals surface area contributed by atoms with Crippen LogP contribution in [0.15, 0.2) is 60.7 Å². The summed E-state index contributed by atoms with van der Waals surface area (Å²) in [6.07, 6.45) is 12.2. The highest BCUT2D eigenvalue weighted by Crippen LogP contribution is 2.41. The summed E-state index contributed by atoms with van der Waals surface area (Å²) in [4.78, 5) is 14.3. The minimum atomic E-state index is -1.75. The molecular formula is C34H48OSi. The normalized spacial score (nSPS) is 20.1. The van der Waals surface area contributed by atoms with Gasteiger partial charge in [-0.05, 0) is 54.9 Å². The van der Waals surface area contributed by atoms with E-state index in [2.05, 4.69) is 92.9 Å². The summed E-state index contributed by atoms with van der Waals surface area (Å²) in [5, 5.41) is 0. The van der Waals surface area contributed by atoms with E-state index in [1.165, 1.54) is 67.8 Å². The Bertz CT molecular complexity index is 949. The molecule has 1 aliphatic carbocycles. The number of hydrogen-bond acceptors (Lipinski definition) is 1. The van der Waals surface area contributed by atoms with Crippen LogP contribution in [-0.4, -0.2) is 13.9 Å². The number of Topliss-reactive ketones (excluding diaryl/α,β-unsaturated/α-hetero) is 1. The van der Waals surface area contributed by atoms with E-state index in [9.17, 15) is 4.79 Å². The molecule has 1 aliphatic rings. The van der Waals surface area contributed by atoms with E-state index in [4.69, 9.17) is 0 Å². The van der Waals surface area contributed by atoms with Crippen molar-refractivity contribution < 1.29 is 4.79 Å². The average Bonchev–Trinajstić information content (AvgIpc) is 2.91. The summed E-state index contributed by atoms with van der Waals surface area (Å²) in [6.45, 7) is 6.92. The molecule has 0 aromatic heterocycles. The van der Waals surface area contributed by atoms with Crippen LogP contribution in [0.25, 0.3) is 0 Å². The molecule has 3 rings (SSSR count). The lowest BCUT2D eigenvalue weighted by molar-refractivity contribution is -0.132. The Hall–Kier alpha value is -2.11. The Kier molecular flexibility index (Phi) is 11.5. The van der Waals surface area contributed by atoms with Crippen molar-refractivity contribution in [3.05, 3.63) is 71.8 Å². The van der Waals surface area contributed by atoms with E-state index in [1.807, 2.05) is 0 Å². The highest BCUT2D eigenvalue weighted by atomic mass is 28.3. The minimum Gasteiger partial charge on any atom is -0.298 e. The predicted octanol–water partition coefficient (Wildman–Crippen LogP) is 9.22. The molecule has 2 atom stereocenters. The summed E-state index contributed by atoms with van der Waals surface area (Å²) in [7, 11) is -1.75. The summed E-state index contributed by atoms with van der Waals surface area (Å²) in [5.74, 6) is 4.37. The lowest BCUT2D eigenvalue weighted by atomic mass is 9.65. The first-order chi connectivity index (χ1) is 17.6. The van der Waals surface area contributed by atoms with Crippen molar-refractivity contribution in [1.82, 2.24) is 0 Å². The fourth-order valence-electron chi connectivity index (χ4n) is 6.04. The molecule has 0 saturated heterocycles. The van der Waals surface area contributed by atoms with Crippen LogP contribution in [0, 0.1) is 22.8 Å². The van der Waals surface area contributed by atoms with Crippen LogP contribution in [-0.2, 0) is 17.6 Å². The summed E-state index contributed by atoms with van der Waals surface area (Å²) in [6, 6.07) is 25.2. The molecule has 0 bridgehead atoms. The number of ketones is 1. The van der Waals surface area contributed by atoms with Gasteiger partial charge in [-0.1, -0.05) is 132 Å². The molecule has 1 nitrogen and oxygen atoms in total. The molecule has 2 heteroatoms. The average molecular weight is 501 g/mol. The van der Waals surface area contributed by atoms with Gasteiger partial charge in [0.1, 0.15) is 8.07 Å². The van der Waals surface area contributed by atoms with Crippen molar-refractivity contribution >= 4 is 13.9 Å². The first kappa shape index (κ1) is 28.5. The number of rotatable bonds is 13. The Morgan fingerprint density at radius 1 is 0.806 bits per heavy atom. The van der Waals surface area contributed by atoms with Crippen molar-refractivity contribution in [1.29, 1.82) is 0 Å². The molecule has 36 heavy (non-hydrogen) atoms. The molecule has 2 aromatic carbocycles. The molecule has 0 radical (unpaired) electrons. The second-order valence-electron chi connectivity index (χ2n) is 11.2. The molecule has 194 valence electrons. The number of benzene rings is 2. The second-order valence-corrected chi connectivity index (χ2v) is 15.5. The van der Waals surface area contributed by atoms with E-state index in [0.29, 0.717) is 5.78 Å². The van der Waals surface area contributed by atoms with Gasteiger partial charge in [0.25, 0.3) is 0 Å². The van der Waals surface area contributed by atoms with E-state index in [-0.39, 0.29) is 5.92 Å². The van der Waals surface area contributed by atoms with E-state index in [1.54, 1.807) is 0 Å². The van der Waals surface area contributed by atoms with Gasteiger partial charge in [-0.3, -0.25) is 4.79 Å². The maximum atomic E-state index is 14.3. The van der Waals surface area contributed by atoms with Gasteiger partial charge in [-0.15, -0.1) is 5.54 Å². The standard InChI is InChI=1S/C34H48OSi/c1-4-7-24-36(25-8-5-2,26-9-6-3)27-23-34(29-31-19-14-11-15-20-31)22-16-21-32(33(34)35)28-30-17-12-10-13-18-30/h10-15,17-20,32H,4-9,16,21-22,24-26,28-29H2,1-3H3/t32-,34+/m0/s1. The van der Waals surface area contributed by atoms with E-state index < -0.39 is 13.5 Å². The Balaban J connectivity index is 2.00. The summed E-state index contributed by atoms with van der Waals surface area (Å²) in [5.41, 5.74) is 6.05. The first-order valence-electron chi connectivity index (χ1n) is 14.7. The van der Waals surface area contributed by atoms with Crippen LogP contribution in [0.4, 0.5) is 0 Å². The SMILES string of the molecule is CCCC[Si](C#C[C@@]1(Cc2ccccc2)CCC[C@@H](Cc2ccccc2)C1=O)(CCCC)CCCC. The van der Waals surface area contributed by atoms with Gasteiger partial charge in [-0.25, -0.2) is 0 Å².